The van der Waals surface area contributed by atoms with Gasteiger partial charge in [0.25, 0.3) is 0 Å². The van der Waals surface area contributed by atoms with E-state index in [1.807, 2.05) is 6.92 Å². The third-order valence-corrected chi connectivity index (χ3v) is 1.97. The summed E-state index contributed by atoms with van der Waals surface area (Å²) >= 11 is 0. The highest BCUT2D eigenvalue weighted by molar-refractivity contribution is 6.03. The molecule has 1 aliphatic rings. The van der Waals surface area contributed by atoms with Crippen molar-refractivity contribution >= 4 is 5.78 Å². The first-order valence-corrected chi connectivity index (χ1v) is 3.84. The highest BCUT2D eigenvalue weighted by atomic mass is 16.3. The van der Waals surface area contributed by atoms with Gasteiger partial charge in [0.2, 0.25) is 5.78 Å². The summed E-state index contributed by atoms with van der Waals surface area (Å²) in [6, 6.07) is 0. The van der Waals surface area contributed by atoms with Gasteiger partial charge in [0.05, 0.1) is 5.92 Å². The van der Waals surface area contributed by atoms with Gasteiger partial charge in [-0.3, -0.25) is 4.79 Å². The van der Waals surface area contributed by atoms with E-state index in [2.05, 4.69) is 0 Å². The van der Waals surface area contributed by atoms with E-state index in [0.29, 0.717) is 6.42 Å². The van der Waals surface area contributed by atoms with E-state index < -0.39 is 11.7 Å². The Hall–Kier alpha value is -0.990. The smallest absolute Gasteiger partial charge is 0.211 e. The molecule has 0 aromatic rings. The second-order valence-electron chi connectivity index (χ2n) is 2.79. The van der Waals surface area contributed by atoms with E-state index in [4.69, 9.17) is 10.2 Å². The van der Waals surface area contributed by atoms with E-state index in [0.717, 1.165) is 12.8 Å². The Bertz CT molecular complexity index is 205. The zero-order valence-corrected chi connectivity index (χ0v) is 6.50. The molecule has 0 aliphatic heterocycles. The molecule has 0 amide bonds. The van der Waals surface area contributed by atoms with E-state index >= 15 is 0 Å². The molecule has 62 valence electrons. The molecule has 0 saturated heterocycles. The summed E-state index contributed by atoms with van der Waals surface area (Å²) in [5, 5.41) is 17.7. The molecule has 11 heavy (non-hydrogen) atoms. The van der Waals surface area contributed by atoms with Crippen LogP contribution in [0.2, 0.25) is 0 Å². The van der Waals surface area contributed by atoms with Crippen LogP contribution in [0.5, 0.6) is 0 Å². The van der Waals surface area contributed by atoms with E-state index in [1.54, 1.807) is 0 Å². The van der Waals surface area contributed by atoms with Crippen LogP contribution in [0.1, 0.15) is 26.2 Å². The molecule has 1 atom stereocenters. The Balaban J connectivity index is 2.47. The number of Topliss-reactive ketones (excluding diaryl/α,β-unsaturated/α-hetero) is 1. The van der Waals surface area contributed by atoms with Crippen LogP contribution in [0.4, 0.5) is 0 Å². The molecule has 0 bridgehead atoms. The molecule has 3 heteroatoms. The van der Waals surface area contributed by atoms with Crippen LogP contribution < -0.4 is 0 Å². The normalized spacial score (nSPS) is 23.7. The zero-order chi connectivity index (χ0) is 8.43. The third-order valence-electron chi connectivity index (χ3n) is 1.97. The van der Waals surface area contributed by atoms with Crippen LogP contribution in [-0.4, -0.2) is 16.0 Å². The highest BCUT2D eigenvalue weighted by Crippen LogP contribution is 2.30. The molecule has 1 aliphatic carbocycles. The molecule has 0 saturated carbocycles. The molecule has 0 spiro atoms. The van der Waals surface area contributed by atoms with E-state index in [1.165, 1.54) is 0 Å². The van der Waals surface area contributed by atoms with Crippen molar-refractivity contribution in [3.8, 4) is 0 Å². The molecule has 2 N–H and O–H groups in total. The summed E-state index contributed by atoms with van der Waals surface area (Å²) in [4.78, 5) is 10.8. The zero-order valence-electron chi connectivity index (χ0n) is 6.50. The maximum absolute atomic E-state index is 10.8. The number of hydrogen-bond donors (Lipinski definition) is 2. The average molecular weight is 156 g/mol. The van der Waals surface area contributed by atoms with Gasteiger partial charge < -0.3 is 10.2 Å². The molecule has 0 heterocycles. The van der Waals surface area contributed by atoms with Crippen LogP contribution in [0.3, 0.4) is 0 Å². The lowest BCUT2D eigenvalue weighted by Crippen LogP contribution is -2.31. The predicted octanol–water partition coefficient (Wildman–Crippen LogP) is 1.70. The summed E-state index contributed by atoms with van der Waals surface area (Å²) in [6.45, 7) is 2.02. The SMILES string of the molecule is CCCCC1C(=O)C(O)=C1O. The van der Waals surface area contributed by atoms with Crippen molar-refractivity contribution in [1.82, 2.24) is 0 Å². The Kier molecular flexibility index (Phi) is 2.17. The van der Waals surface area contributed by atoms with Gasteiger partial charge >= 0.3 is 0 Å². The van der Waals surface area contributed by atoms with Crippen LogP contribution >= 0.6 is 0 Å². The Morgan fingerprint density at radius 3 is 2.55 bits per heavy atom. The van der Waals surface area contributed by atoms with Crippen LogP contribution in [0, 0.1) is 5.92 Å². The van der Waals surface area contributed by atoms with Gasteiger partial charge in [0.1, 0.15) is 5.76 Å². The van der Waals surface area contributed by atoms with Gasteiger partial charge in [-0.15, -0.1) is 0 Å². The van der Waals surface area contributed by atoms with E-state index in [-0.39, 0.29) is 11.5 Å². The maximum Gasteiger partial charge on any atom is 0.211 e. The first-order chi connectivity index (χ1) is 5.18. The summed E-state index contributed by atoms with van der Waals surface area (Å²) in [7, 11) is 0. The molecule has 0 fully saturated rings. The van der Waals surface area contributed by atoms with Gasteiger partial charge in [0.15, 0.2) is 5.76 Å². The number of allylic oxidation sites excluding steroid dienone is 2. The molecule has 0 radical (unpaired) electrons. The molecule has 1 rings (SSSR count). The minimum atomic E-state index is -0.439. The van der Waals surface area contributed by atoms with Crippen LogP contribution in [0.15, 0.2) is 11.5 Å². The van der Waals surface area contributed by atoms with Gasteiger partial charge in [-0.2, -0.15) is 0 Å². The first-order valence-electron chi connectivity index (χ1n) is 3.84. The average Bonchev–Trinajstić information content (AvgIpc) is 2.04. The third kappa shape index (κ3) is 1.23. The van der Waals surface area contributed by atoms with Gasteiger partial charge in [-0.1, -0.05) is 19.8 Å². The van der Waals surface area contributed by atoms with Crippen molar-refractivity contribution < 1.29 is 15.0 Å². The van der Waals surface area contributed by atoms with Crippen molar-refractivity contribution in [2.75, 3.05) is 0 Å². The fraction of sp³-hybridized carbons (Fsp3) is 0.625. The van der Waals surface area contributed by atoms with Gasteiger partial charge in [0, 0.05) is 0 Å². The van der Waals surface area contributed by atoms with Crippen LogP contribution in [-0.2, 0) is 4.79 Å². The second-order valence-corrected chi connectivity index (χ2v) is 2.79. The minimum absolute atomic E-state index is 0.122. The quantitative estimate of drug-likeness (QED) is 0.653. The topological polar surface area (TPSA) is 57.5 Å². The standard InChI is InChI=1S/C8H12O3/c1-2-3-4-5-6(9)8(11)7(5)10/h5,9,11H,2-4H2,1H3. The number of carbonyl (C=O) groups excluding carboxylic acids is 1. The fourth-order valence-corrected chi connectivity index (χ4v) is 1.18. The fourth-order valence-electron chi connectivity index (χ4n) is 1.18. The number of carbonyl (C=O) groups is 1. The molecular formula is C8H12O3. The van der Waals surface area contributed by atoms with Crippen molar-refractivity contribution in [2.45, 2.75) is 26.2 Å². The Labute approximate surface area is 65.3 Å². The number of ketones is 1. The summed E-state index contributed by atoms with van der Waals surface area (Å²) in [5.74, 6) is -1.28. The van der Waals surface area contributed by atoms with Crippen molar-refractivity contribution in [1.29, 1.82) is 0 Å². The monoisotopic (exact) mass is 156 g/mol. The Morgan fingerprint density at radius 1 is 1.45 bits per heavy atom. The lowest BCUT2D eigenvalue weighted by atomic mass is 9.84. The maximum atomic E-state index is 10.8. The number of unbranched alkanes of at least 4 members (excludes halogenated alkanes) is 1. The largest absolute Gasteiger partial charge is 0.508 e. The predicted molar refractivity (Wildman–Crippen MR) is 40.3 cm³/mol. The molecule has 3 nitrogen and oxygen atoms in total. The molecular weight excluding hydrogens is 144 g/mol. The van der Waals surface area contributed by atoms with Gasteiger partial charge in [-0.25, -0.2) is 0 Å². The minimum Gasteiger partial charge on any atom is -0.508 e. The number of rotatable bonds is 3. The van der Waals surface area contributed by atoms with E-state index in [9.17, 15) is 4.79 Å². The Morgan fingerprint density at radius 2 is 2.09 bits per heavy atom. The molecule has 1 unspecified atom stereocenters. The van der Waals surface area contributed by atoms with Crippen LogP contribution in [0.25, 0.3) is 0 Å². The summed E-state index contributed by atoms with van der Waals surface area (Å²) in [5.41, 5.74) is 0. The molecule has 0 aromatic heterocycles. The number of aliphatic hydroxyl groups excluding tert-OH is 2. The lowest BCUT2D eigenvalue weighted by molar-refractivity contribution is -0.126. The van der Waals surface area contributed by atoms with Gasteiger partial charge in [-0.05, 0) is 6.42 Å². The van der Waals surface area contributed by atoms with Crippen molar-refractivity contribution in [2.24, 2.45) is 5.92 Å². The summed E-state index contributed by atoms with van der Waals surface area (Å²) in [6.07, 6.45) is 2.57. The van der Waals surface area contributed by atoms with Crippen molar-refractivity contribution in [3.63, 3.8) is 0 Å². The second kappa shape index (κ2) is 2.95. The molecule has 0 aromatic carbocycles. The lowest BCUT2D eigenvalue weighted by Gasteiger charge is -2.23. The van der Waals surface area contributed by atoms with Crippen molar-refractivity contribution in [3.05, 3.63) is 11.5 Å². The number of aliphatic hydroxyl groups is 2. The first kappa shape index (κ1) is 8.11. The summed E-state index contributed by atoms with van der Waals surface area (Å²) < 4.78 is 0. The highest BCUT2D eigenvalue weighted by Gasteiger charge is 2.38. The number of hydrogen-bond acceptors (Lipinski definition) is 3.